The minimum Gasteiger partial charge on any atom is -0.376 e. The molecule has 2 aliphatic rings. The molecular formula is C18H27N3O4S. The number of ether oxygens (including phenoxy) is 1. The van der Waals surface area contributed by atoms with Crippen molar-refractivity contribution in [1.82, 2.24) is 14.9 Å². The van der Waals surface area contributed by atoms with Crippen molar-refractivity contribution < 1.29 is 17.9 Å². The molecule has 2 atom stereocenters. The van der Waals surface area contributed by atoms with Crippen LogP contribution in [0.1, 0.15) is 32.6 Å². The number of urea groups is 1. The molecule has 1 aromatic rings. The third-order valence-corrected chi connectivity index (χ3v) is 6.57. The lowest BCUT2D eigenvalue weighted by molar-refractivity contribution is 0.0824. The van der Waals surface area contributed by atoms with Gasteiger partial charge in [-0.3, -0.25) is 0 Å². The first-order valence-corrected chi connectivity index (χ1v) is 10.7. The molecule has 144 valence electrons. The van der Waals surface area contributed by atoms with Gasteiger partial charge in [0.1, 0.15) is 0 Å². The first-order chi connectivity index (χ1) is 12.5. The molecule has 0 saturated carbocycles. The molecule has 7 nitrogen and oxygen atoms in total. The fourth-order valence-corrected chi connectivity index (χ4v) is 4.79. The highest BCUT2D eigenvalue weighted by Crippen LogP contribution is 2.17. The first-order valence-electron chi connectivity index (χ1n) is 9.20. The summed E-state index contributed by atoms with van der Waals surface area (Å²) in [6.07, 6.45) is 3.32. The molecular weight excluding hydrogens is 354 g/mol. The lowest BCUT2D eigenvalue weighted by atomic mass is 10.1. The monoisotopic (exact) mass is 381 g/mol. The fourth-order valence-electron chi connectivity index (χ4n) is 3.46. The highest BCUT2D eigenvalue weighted by atomic mass is 32.2. The molecule has 0 unspecified atom stereocenters. The minimum atomic E-state index is -3.51. The van der Waals surface area contributed by atoms with Gasteiger partial charge in [-0.2, -0.15) is 0 Å². The normalized spacial score (nSPS) is 23.0. The smallest absolute Gasteiger partial charge is 0.317 e. The van der Waals surface area contributed by atoms with Crippen LogP contribution in [0.15, 0.2) is 35.2 Å². The molecule has 3 rings (SSSR count). The van der Waals surface area contributed by atoms with Gasteiger partial charge in [-0.15, -0.1) is 0 Å². The van der Waals surface area contributed by atoms with Crippen molar-refractivity contribution in [3.8, 4) is 0 Å². The van der Waals surface area contributed by atoms with E-state index in [-0.39, 0.29) is 29.1 Å². The molecule has 2 saturated heterocycles. The SMILES string of the molecule is C[C@@H](NC(=O)N1CCC(NS(=O)(=O)c2ccccc2)CC1)[C@@H]1CCCO1. The van der Waals surface area contributed by atoms with Gasteiger partial charge in [0.2, 0.25) is 10.0 Å². The van der Waals surface area contributed by atoms with Crippen LogP contribution in [-0.4, -0.2) is 57.2 Å². The zero-order chi connectivity index (χ0) is 18.6. The average Bonchev–Trinajstić information content (AvgIpc) is 3.17. The summed E-state index contributed by atoms with van der Waals surface area (Å²) >= 11 is 0. The number of carbonyl (C=O) groups is 1. The second-order valence-corrected chi connectivity index (χ2v) is 8.70. The molecule has 0 spiro atoms. The predicted octanol–water partition coefficient (Wildman–Crippen LogP) is 1.71. The fraction of sp³-hybridized carbons (Fsp3) is 0.611. The van der Waals surface area contributed by atoms with Gasteiger partial charge in [-0.1, -0.05) is 18.2 Å². The Hall–Kier alpha value is -1.64. The summed E-state index contributed by atoms with van der Waals surface area (Å²) in [4.78, 5) is 14.4. The van der Waals surface area contributed by atoms with Crippen molar-refractivity contribution in [3.05, 3.63) is 30.3 Å². The van der Waals surface area contributed by atoms with Crippen molar-refractivity contribution in [2.45, 2.75) is 55.7 Å². The maximum absolute atomic E-state index is 12.4. The molecule has 0 aliphatic carbocycles. The number of piperidine rings is 1. The number of sulfonamides is 1. The summed E-state index contributed by atoms with van der Waals surface area (Å²) in [5.74, 6) is 0. The van der Waals surface area contributed by atoms with Crippen LogP contribution >= 0.6 is 0 Å². The van der Waals surface area contributed by atoms with Gasteiger partial charge in [-0.25, -0.2) is 17.9 Å². The Labute approximate surface area is 155 Å². The lowest BCUT2D eigenvalue weighted by Gasteiger charge is -2.33. The zero-order valence-electron chi connectivity index (χ0n) is 15.1. The molecule has 2 amide bonds. The molecule has 2 fully saturated rings. The summed E-state index contributed by atoms with van der Waals surface area (Å²) in [5, 5.41) is 3.00. The first kappa shape index (κ1) is 19.1. The van der Waals surface area contributed by atoms with Gasteiger partial charge in [0.05, 0.1) is 17.0 Å². The van der Waals surface area contributed by atoms with Crippen molar-refractivity contribution in [2.24, 2.45) is 0 Å². The van der Waals surface area contributed by atoms with Crippen LogP contribution in [-0.2, 0) is 14.8 Å². The molecule has 0 bridgehead atoms. The van der Waals surface area contributed by atoms with Crippen LogP contribution < -0.4 is 10.0 Å². The van der Waals surface area contributed by atoms with Crippen LogP contribution in [0.4, 0.5) is 4.79 Å². The summed E-state index contributed by atoms with van der Waals surface area (Å²) in [6.45, 7) is 3.80. The third-order valence-electron chi connectivity index (χ3n) is 5.03. The second-order valence-electron chi connectivity index (χ2n) is 6.99. The average molecular weight is 381 g/mol. The molecule has 2 aliphatic heterocycles. The van der Waals surface area contributed by atoms with Crippen molar-refractivity contribution in [1.29, 1.82) is 0 Å². The van der Waals surface area contributed by atoms with E-state index in [1.807, 2.05) is 6.92 Å². The van der Waals surface area contributed by atoms with E-state index in [2.05, 4.69) is 10.0 Å². The van der Waals surface area contributed by atoms with E-state index in [0.29, 0.717) is 25.9 Å². The van der Waals surface area contributed by atoms with E-state index < -0.39 is 10.0 Å². The van der Waals surface area contributed by atoms with Gasteiger partial charge < -0.3 is 15.0 Å². The second kappa shape index (κ2) is 8.37. The Morgan fingerprint density at radius 1 is 1.19 bits per heavy atom. The minimum absolute atomic E-state index is 0.0145. The Balaban J connectivity index is 1.47. The van der Waals surface area contributed by atoms with Crippen LogP contribution in [0.2, 0.25) is 0 Å². The van der Waals surface area contributed by atoms with E-state index in [0.717, 1.165) is 19.4 Å². The quantitative estimate of drug-likeness (QED) is 0.813. The van der Waals surface area contributed by atoms with E-state index in [1.54, 1.807) is 35.2 Å². The summed E-state index contributed by atoms with van der Waals surface area (Å²) in [6, 6.07) is 8.09. The zero-order valence-corrected chi connectivity index (χ0v) is 15.9. The lowest BCUT2D eigenvalue weighted by Crippen LogP contribution is -2.52. The number of hydrogen-bond donors (Lipinski definition) is 2. The van der Waals surface area contributed by atoms with Crippen LogP contribution in [0.25, 0.3) is 0 Å². The Morgan fingerprint density at radius 3 is 2.50 bits per heavy atom. The molecule has 0 radical (unpaired) electrons. The van der Waals surface area contributed by atoms with E-state index in [4.69, 9.17) is 4.74 Å². The maximum Gasteiger partial charge on any atom is 0.317 e. The Morgan fingerprint density at radius 2 is 1.88 bits per heavy atom. The van der Waals surface area contributed by atoms with Crippen molar-refractivity contribution >= 4 is 16.1 Å². The van der Waals surface area contributed by atoms with Gasteiger partial charge >= 0.3 is 6.03 Å². The largest absolute Gasteiger partial charge is 0.376 e. The molecule has 0 aromatic heterocycles. The van der Waals surface area contributed by atoms with Gasteiger partial charge in [0, 0.05) is 25.7 Å². The Kier molecular flexibility index (Phi) is 6.16. The molecule has 26 heavy (non-hydrogen) atoms. The number of benzene rings is 1. The number of amides is 2. The van der Waals surface area contributed by atoms with E-state index in [1.165, 1.54) is 0 Å². The predicted molar refractivity (Wildman–Crippen MR) is 98.3 cm³/mol. The topological polar surface area (TPSA) is 87.7 Å². The van der Waals surface area contributed by atoms with Gasteiger partial charge in [0.25, 0.3) is 0 Å². The standard InChI is InChI=1S/C18H27N3O4S/c1-14(17-8-5-13-25-17)19-18(22)21-11-9-15(10-12-21)20-26(23,24)16-6-3-2-4-7-16/h2-4,6-7,14-15,17,20H,5,8-13H2,1H3,(H,19,22)/t14-,17+/m1/s1. The number of carbonyl (C=O) groups excluding carboxylic acids is 1. The van der Waals surface area contributed by atoms with Crippen LogP contribution in [0, 0.1) is 0 Å². The summed E-state index contributed by atoms with van der Waals surface area (Å²) in [7, 11) is -3.51. The molecule has 2 heterocycles. The number of nitrogens with zero attached hydrogens (tertiary/aromatic N) is 1. The number of likely N-dealkylation sites (tertiary alicyclic amines) is 1. The molecule has 1 aromatic carbocycles. The van der Waals surface area contributed by atoms with E-state index in [9.17, 15) is 13.2 Å². The van der Waals surface area contributed by atoms with Crippen molar-refractivity contribution in [3.63, 3.8) is 0 Å². The third kappa shape index (κ3) is 4.75. The summed E-state index contributed by atoms with van der Waals surface area (Å²) < 4.78 is 33.1. The molecule has 2 N–H and O–H groups in total. The highest BCUT2D eigenvalue weighted by Gasteiger charge is 2.29. The van der Waals surface area contributed by atoms with Crippen molar-refractivity contribution in [2.75, 3.05) is 19.7 Å². The summed E-state index contributed by atoms with van der Waals surface area (Å²) in [5.41, 5.74) is 0. The van der Waals surface area contributed by atoms with Gasteiger partial charge in [0.15, 0.2) is 0 Å². The Bertz CT molecular complexity index is 696. The number of rotatable bonds is 5. The van der Waals surface area contributed by atoms with Gasteiger partial charge in [-0.05, 0) is 44.7 Å². The maximum atomic E-state index is 12.4. The van der Waals surface area contributed by atoms with Crippen LogP contribution in [0.5, 0.6) is 0 Å². The van der Waals surface area contributed by atoms with E-state index >= 15 is 0 Å². The van der Waals surface area contributed by atoms with Crippen LogP contribution in [0.3, 0.4) is 0 Å². The number of nitrogens with one attached hydrogen (secondary N) is 2. The number of hydrogen-bond acceptors (Lipinski definition) is 4. The molecule has 8 heteroatoms. The highest BCUT2D eigenvalue weighted by molar-refractivity contribution is 7.89.